The van der Waals surface area contributed by atoms with Gasteiger partial charge in [0.15, 0.2) is 0 Å². The number of hydrogen-bond donors (Lipinski definition) is 0. The van der Waals surface area contributed by atoms with E-state index in [1.54, 1.807) is 24.2 Å². The van der Waals surface area contributed by atoms with E-state index in [-0.39, 0.29) is 0 Å². The van der Waals surface area contributed by atoms with Gasteiger partial charge in [-0.25, -0.2) is 13.8 Å². The number of ether oxygens (including phenoxy) is 1. The summed E-state index contributed by atoms with van der Waals surface area (Å²) < 4.78 is 35.1. The summed E-state index contributed by atoms with van der Waals surface area (Å²) >= 11 is 0. The zero-order valence-corrected chi connectivity index (χ0v) is 22.4. The van der Waals surface area contributed by atoms with Gasteiger partial charge in [-0.15, -0.1) is 0 Å². The molecule has 1 aliphatic rings. The summed E-state index contributed by atoms with van der Waals surface area (Å²) in [6.45, 7) is 6.12. The molecule has 3 aromatic rings. The molecule has 200 valence electrons. The van der Waals surface area contributed by atoms with E-state index in [2.05, 4.69) is 28.0 Å². The van der Waals surface area contributed by atoms with Crippen LogP contribution in [-0.4, -0.2) is 57.1 Å². The van der Waals surface area contributed by atoms with Crippen LogP contribution in [0, 0.1) is 18.6 Å². The summed E-state index contributed by atoms with van der Waals surface area (Å²) in [4.78, 5) is 13.6. The largest absolute Gasteiger partial charge is 0.378 e. The molecule has 0 atom stereocenters. The summed E-state index contributed by atoms with van der Waals surface area (Å²) in [6.07, 6.45) is 13.3. The highest BCUT2D eigenvalue weighted by atomic mass is 19.1. The van der Waals surface area contributed by atoms with Gasteiger partial charge in [0, 0.05) is 69.6 Å². The number of pyridine rings is 1. The molecular formula is C29H34F2N6O. The van der Waals surface area contributed by atoms with E-state index < -0.39 is 11.6 Å². The van der Waals surface area contributed by atoms with Gasteiger partial charge < -0.3 is 14.5 Å². The lowest BCUT2D eigenvalue weighted by molar-refractivity contribution is 0.178. The Morgan fingerprint density at radius 2 is 2.03 bits per heavy atom. The maximum absolute atomic E-state index is 14.4. The van der Waals surface area contributed by atoms with Crippen LogP contribution in [0.5, 0.6) is 0 Å². The topological polar surface area (TPSA) is 58.8 Å². The van der Waals surface area contributed by atoms with Gasteiger partial charge in [0.1, 0.15) is 11.6 Å². The highest BCUT2D eigenvalue weighted by Gasteiger charge is 2.26. The zero-order valence-electron chi connectivity index (χ0n) is 22.4. The molecule has 0 saturated carbocycles. The maximum Gasteiger partial charge on any atom is 0.131 e. The summed E-state index contributed by atoms with van der Waals surface area (Å²) in [7, 11) is 3.54. The first kappa shape index (κ1) is 27.2. The number of nitrogens with zero attached hydrogens (tertiary/aromatic N) is 6. The maximum atomic E-state index is 14.4. The molecule has 4 rings (SSSR count). The molecule has 7 nitrogen and oxygen atoms in total. The van der Waals surface area contributed by atoms with Crippen molar-refractivity contribution in [2.45, 2.75) is 33.2 Å². The average Bonchev–Trinajstić information content (AvgIpc) is 3.33. The van der Waals surface area contributed by atoms with Gasteiger partial charge in [-0.05, 0) is 31.0 Å². The number of methoxy groups -OCH3 is 1. The Morgan fingerprint density at radius 1 is 1.18 bits per heavy atom. The molecule has 9 heteroatoms. The lowest BCUT2D eigenvalue weighted by Gasteiger charge is -2.38. The van der Waals surface area contributed by atoms with Crippen LogP contribution in [0.25, 0.3) is 0 Å². The number of allylic oxidation sites excluding steroid dienone is 2. The Labute approximate surface area is 222 Å². The highest BCUT2D eigenvalue weighted by molar-refractivity contribution is 6.13. The molecule has 0 unspecified atom stereocenters. The van der Waals surface area contributed by atoms with E-state index in [1.807, 2.05) is 43.5 Å². The van der Waals surface area contributed by atoms with Crippen molar-refractivity contribution in [2.75, 3.05) is 26.8 Å². The Hall–Kier alpha value is -3.85. The monoisotopic (exact) mass is 520 g/mol. The predicted octanol–water partition coefficient (Wildman–Crippen LogP) is 5.51. The summed E-state index contributed by atoms with van der Waals surface area (Å²) in [5.41, 5.74) is 5.82. The molecule has 0 saturated heterocycles. The summed E-state index contributed by atoms with van der Waals surface area (Å²) in [6, 6.07) is 5.65. The lowest BCUT2D eigenvalue weighted by Crippen LogP contribution is -2.41. The fraction of sp³-hybridized carbons (Fsp3) is 0.345. The van der Waals surface area contributed by atoms with Gasteiger partial charge in [0.2, 0.25) is 0 Å². The van der Waals surface area contributed by atoms with Crippen molar-refractivity contribution in [2.24, 2.45) is 12.0 Å². The second-order valence-corrected chi connectivity index (χ2v) is 9.31. The molecule has 1 aliphatic heterocycles. The first-order valence-corrected chi connectivity index (χ1v) is 12.7. The van der Waals surface area contributed by atoms with E-state index in [0.717, 1.165) is 52.8 Å². The fourth-order valence-corrected chi connectivity index (χ4v) is 4.37. The number of aryl methyl sites for hydroxylation is 2. The van der Waals surface area contributed by atoms with Crippen LogP contribution in [0.4, 0.5) is 14.5 Å². The van der Waals surface area contributed by atoms with Gasteiger partial charge in [0.05, 0.1) is 41.8 Å². The quantitative estimate of drug-likeness (QED) is 0.330. The molecule has 0 bridgehead atoms. The number of aromatic nitrogens is 3. The van der Waals surface area contributed by atoms with Gasteiger partial charge in [-0.3, -0.25) is 9.67 Å². The van der Waals surface area contributed by atoms with Crippen LogP contribution in [0.2, 0.25) is 0 Å². The molecule has 38 heavy (non-hydrogen) atoms. The third-order valence-corrected chi connectivity index (χ3v) is 6.35. The lowest BCUT2D eigenvalue weighted by atomic mass is 10.1. The normalized spacial score (nSPS) is 14.7. The van der Waals surface area contributed by atoms with Crippen molar-refractivity contribution in [3.05, 3.63) is 101 Å². The minimum atomic E-state index is -0.580. The minimum Gasteiger partial charge on any atom is -0.378 e. The number of aliphatic imine (C=N–C) groups is 1. The van der Waals surface area contributed by atoms with Crippen molar-refractivity contribution in [3.8, 4) is 0 Å². The third kappa shape index (κ3) is 6.52. The molecule has 0 amide bonds. The van der Waals surface area contributed by atoms with Gasteiger partial charge >= 0.3 is 0 Å². The minimum absolute atomic E-state index is 0.333. The standard InChI is InChI=1S/C29H34F2N6O/c1-5-6-7-28(29(23-15-33-35(3)17-23)34-27-16-32-11-10-21(27)2)37-13-12-36(19-25(37)20-38-4)18-22-8-9-24(30)14-26(22)31/h7-11,14-17,19H,5-6,12-13,18,20H2,1-4H3/b28-7-,34-29?. The molecular weight excluding hydrogens is 486 g/mol. The molecule has 0 radical (unpaired) electrons. The first-order valence-electron chi connectivity index (χ1n) is 12.7. The van der Waals surface area contributed by atoms with Crippen molar-refractivity contribution < 1.29 is 13.5 Å². The van der Waals surface area contributed by atoms with Gasteiger partial charge in [-0.1, -0.05) is 25.5 Å². The average molecular weight is 521 g/mol. The Bertz CT molecular complexity index is 1350. The second kappa shape index (κ2) is 12.6. The number of rotatable bonds is 10. The molecule has 0 N–H and O–H groups in total. The Balaban J connectivity index is 1.75. The van der Waals surface area contributed by atoms with E-state index >= 15 is 0 Å². The van der Waals surface area contributed by atoms with Crippen LogP contribution < -0.4 is 0 Å². The molecule has 3 heterocycles. The van der Waals surface area contributed by atoms with Crippen LogP contribution in [0.3, 0.4) is 0 Å². The molecule has 2 aromatic heterocycles. The summed E-state index contributed by atoms with van der Waals surface area (Å²) in [5, 5.41) is 4.40. The zero-order chi connectivity index (χ0) is 27.1. The van der Waals surface area contributed by atoms with Gasteiger partial charge in [0.25, 0.3) is 0 Å². The molecule has 1 aromatic carbocycles. The van der Waals surface area contributed by atoms with Crippen LogP contribution in [0.15, 0.2) is 77.7 Å². The number of unbranched alkanes of at least 4 members (excludes halogenated alkanes) is 1. The van der Waals surface area contributed by atoms with Crippen LogP contribution in [0.1, 0.15) is 36.5 Å². The van der Waals surface area contributed by atoms with Crippen molar-refractivity contribution in [1.29, 1.82) is 0 Å². The number of halogens is 2. The number of benzene rings is 1. The van der Waals surface area contributed by atoms with E-state index in [0.29, 0.717) is 31.8 Å². The predicted molar refractivity (Wildman–Crippen MR) is 145 cm³/mol. The highest BCUT2D eigenvalue weighted by Crippen LogP contribution is 2.27. The van der Waals surface area contributed by atoms with Crippen molar-refractivity contribution in [3.63, 3.8) is 0 Å². The van der Waals surface area contributed by atoms with Crippen LogP contribution >= 0.6 is 0 Å². The molecule has 0 fully saturated rings. The van der Waals surface area contributed by atoms with E-state index in [4.69, 9.17) is 9.73 Å². The van der Waals surface area contributed by atoms with E-state index in [9.17, 15) is 8.78 Å². The SMILES string of the molecule is CCC/C=C(/C(=Nc1cnccc1C)c1cnn(C)c1)N1CCN(Cc2ccc(F)cc2F)C=C1COC. The Morgan fingerprint density at radius 3 is 2.71 bits per heavy atom. The van der Waals surface area contributed by atoms with Crippen molar-refractivity contribution >= 4 is 11.4 Å². The molecule has 0 aliphatic carbocycles. The number of hydrogen-bond acceptors (Lipinski definition) is 6. The third-order valence-electron chi connectivity index (χ3n) is 6.35. The fourth-order valence-electron chi connectivity index (χ4n) is 4.37. The smallest absolute Gasteiger partial charge is 0.131 e. The Kier molecular flexibility index (Phi) is 9.02. The second-order valence-electron chi connectivity index (χ2n) is 9.31. The molecule has 0 spiro atoms. The van der Waals surface area contributed by atoms with Gasteiger partial charge in [-0.2, -0.15) is 5.10 Å². The first-order chi connectivity index (χ1) is 18.4. The van der Waals surface area contributed by atoms with Crippen molar-refractivity contribution in [1.82, 2.24) is 24.6 Å². The van der Waals surface area contributed by atoms with E-state index in [1.165, 1.54) is 12.1 Å². The van der Waals surface area contributed by atoms with Crippen LogP contribution in [-0.2, 0) is 18.3 Å². The summed E-state index contributed by atoms with van der Waals surface area (Å²) in [5.74, 6) is -1.13.